The largest absolute Gasteiger partial charge is 0.481 e. The second-order valence-electron chi connectivity index (χ2n) is 6.38. The Kier molecular flexibility index (Phi) is 3.63. The van der Waals surface area contributed by atoms with Crippen molar-refractivity contribution in [3.8, 4) is 0 Å². The molecule has 0 unspecified atom stereocenters. The third-order valence-corrected chi connectivity index (χ3v) is 4.56. The molecule has 0 radical (unpaired) electrons. The number of anilines is 3. The number of pyridine rings is 2. The van der Waals surface area contributed by atoms with Gasteiger partial charge in [-0.05, 0) is 43.5 Å². The number of carboxylic acids is 1. The number of carboxylic acid groups (broad SMARTS) is 1. The van der Waals surface area contributed by atoms with E-state index in [1.165, 1.54) is 4.90 Å². The molecule has 25 heavy (non-hydrogen) atoms. The number of rotatable bonds is 4. The molecular weight excluding hydrogens is 320 g/mol. The number of nitrogens with zero attached hydrogens (tertiary/aromatic N) is 4. The van der Waals surface area contributed by atoms with Crippen LogP contribution >= 0.6 is 0 Å². The molecule has 4 rings (SSSR count). The van der Waals surface area contributed by atoms with E-state index in [1.54, 1.807) is 24.5 Å². The zero-order chi connectivity index (χ0) is 17.6. The summed E-state index contributed by atoms with van der Waals surface area (Å²) < 4.78 is 0. The highest BCUT2D eigenvalue weighted by atomic mass is 16.4. The molecule has 0 spiro atoms. The highest BCUT2D eigenvalue weighted by molar-refractivity contribution is 6.13. The van der Waals surface area contributed by atoms with Crippen LogP contribution in [0.15, 0.2) is 30.6 Å². The number of carbonyl (C=O) groups excluding carboxylic acids is 1. The van der Waals surface area contributed by atoms with Gasteiger partial charge >= 0.3 is 5.97 Å². The summed E-state index contributed by atoms with van der Waals surface area (Å²) in [5, 5.41) is 9.09. The Labute approximate surface area is 144 Å². The minimum absolute atomic E-state index is 0.0978. The SMILES string of the molecule is Cc1ccnc2c1N(CCC(=O)O)C(=O)c1cccnc1N2C1CC1. The van der Waals surface area contributed by atoms with Gasteiger partial charge in [0, 0.05) is 25.0 Å². The maximum atomic E-state index is 13.2. The van der Waals surface area contributed by atoms with E-state index in [1.807, 2.05) is 17.9 Å². The van der Waals surface area contributed by atoms with Gasteiger partial charge in [0.15, 0.2) is 5.82 Å². The Morgan fingerprint density at radius 1 is 1.24 bits per heavy atom. The number of fused-ring (bicyclic) bond motifs is 2. The average Bonchev–Trinajstić information content (AvgIpc) is 3.42. The van der Waals surface area contributed by atoms with E-state index in [2.05, 4.69) is 9.97 Å². The number of hydrogen-bond acceptors (Lipinski definition) is 5. The molecule has 0 bridgehead atoms. The van der Waals surface area contributed by atoms with Gasteiger partial charge in [0.2, 0.25) is 0 Å². The molecule has 7 nitrogen and oxygen atoms in total. The summed E-state index contributed by atoms with van der Waals surface area (Å²) in [5.74, 6) is 0.112. The topological polar surface area (TPSA) is 86.6 Å². The van der Waals surface area contributed by atoms with Crippen molar-refractivity contribution < 1.29 is 14.7 Å². The van der Waals surface area contributed by atoms with Crippen molar-refractivity contribution >= 4 is 29.2 Å². The second kappa shape index (κ2) is 5.84. The first-order valence-electron chi connectivity index (χ1n) is 8.31. The molecule has 1 N–H and O–H groups in total. The maximum absolute atomic E-state index is 13.2. The van der Waals surface area contributed by atoms with E-state index < -0.39 is 5.97 Å². The van der Waals surface area contributed by atoms with Crippen LogP contribution in [0.2, 0.25) is 0 Å². The van der Waals surface area contributed by atoms with Crippen molar-refractivity contribution in [2.75, 3.05) is 16.3 Å². The van der Waals surface area contributed by atoms with Crippen LogP contribution in [-0.2, 0) is 4.79 Å². The lowest BCUT2D eigenvalue weighted by Gasteiger charge is -2.26. The summed E-state index contributed by atoms with van der Waals surface area (Å²) in [4.78, 5) is 36.8. The lowest BCUT2D eigenvalue weighted by atomic mass is 10.2. The van der Waals surface area contributed by atoms with Gasteiger partial charge in [-0.2, -0.15) is 0 Å². The molecule has 1 fully saturated rings. The first-order valence-corrected chi connectivity index (χ1v) is 8.31. The minimum atomic E-state index is -0.939. The van der Waals surface area contributed by atoms with Crippen molar-refractivity contribution in [2.45, 2.75) is 32.2 Å². The molecule has 0 saturated heterocycles. The van der Waals surface area contributed by atoms with Gasteiger partial charge in [-0.3, -0.25) is 9.59 Å². The van der Waals surface area contributed by atoms with Crippen molar-refractivity contribution in [1.82, 2.24) is 9.97 Å². The van der Waals surface area contributed by atoms with Crippen molar-refractivity contribution in [3.05, 3.63) is 41.7 Å². The van der Waals surface area contributed by atoms with E-state index in [0.717, 1.165) is 18.4 Å². The summed E-state index contributed by atoms with van der Waals surface area (Å²) in [5.41, 5.74) is 2.05. The van der Waals surface area contributed by atoms with E-state index in [-0.39, 0.29) is 24.9 Å². The minimum Gasteiger partial charge on any atom is -0.481 e. The zero-order valence-electron chi connectivity index (χ0n) is 13.8. The number of aryl methyl sites for hydroxylation is 1. The third kappa shape index (κ3) is 2.61. The Hall–Kier alpha value is -2.96. The Balaban J connectivity index is 1.93. The summed E-state index contributed by atoms with van der Waals surface area (Å²) in [6, 6.07) is 5.59. The van der Waals surface area contributed by atoms with Gasteiger partial charge in [-0.15, -0.1) is 0 Å². The summed E-state index contributed by atoms with van der Waals surface area (Å²) >= 11 is 0. The fourth-order valence-electron chi connectivity index (χ4n) is 3.25. The van der Waals surface area contributed by atoms with E-state index >= 15 is 0 Å². The van der Waals surface area contributed by atoms with Crippen LogP contribution in [0.25, 0.3) is 0 Å². The maximum Gasteiger partial charge on any atom is 0.305 e. The Morgan fingerprint density at radius 3 is 2.72 bits per heavy atom. The molecule has 128 valence electrons. The summed E-state index contributed by atoms with van der Waals surface area (Å²) in [6.45, 7) is 2.01. The monoisotopic (exact) mass is 338 g/mol. The molecular formula is C18H18N4O3. The molecule has 0 aromatic carbocycles. The van der Waals surface area contributed by atoms with Crippen molar-refractivity contribution in [3.63, 3.8) is 0 Å². The van der Waals surface area contributed by atoms with Crippen molar-refractivity contribution in [2.24, 2.45) is 0 Å². The van der Waals surface area contributed by atoms with E-state index in [4.69, 9.17) is 5.11 Å². The smallest absolute Gasteiger partial charge is 0.305 e. The van der Waals surface area contributed by atoms with Crippen LogP contribution in [0.4, 0.5) is 17.3 Å². The van der Waals surface area contributed by atoms with Gasteiger partial charge in [0.1, 0.15) is 5.82 Å². The molecule has 2 aromatic rings. The van der Waals surface area contributed by atoms with Crippen LogP contribution in [0, 0.1) is 6.92 Å². The van der Waals surface area contributed by atoms with E-state index in [0.29, 0.717) is 22.9 Å². The molecule has 1 aliphatic heterocycles. The fraction of sp³-hybridized carbons (Fsp3) is 0.333. The molecule has 1 amide bonds. The van der Waals surface area contributed by atoms with Gasteiger partial charge in [-0.1, -0.05) is 0 Å². The van der Waals surface area contributed by atoms with Gasteiger partial charge in [0.05, 0.1) is 17.7 Å². The zero-order valence-corrected chi connectivity index (χ0v) is 13.8. The number of amides is 1. The van der Waals surface area contributed by atoms with Gasteiger partial charge in [-0.25, -0.2) is 9.97 Å². The van der Waals surface area contributed by atoms with E-state index in [9.17, 15) is 9.59 Å². The quantitative estimate of drug-likeness (QED) is 0.922. The summed E-state index contributed by atoms with van der Waals surface area (Å²) in [6.07, 6.45) is 5.31. The average molecular weight is 338 g/mol. The fourth-order valence-corrected chi connectivity index (χ4v) is 3.25. The number of carbonyl (C=O) groups is 2. The summed E-state index contributed by atoms with van der Waals surface area (Å²) in [7, 11) is 0. The molecule has 2 aliphatic rings. The molecule has 3 heterocycles. The standard InChI is InChI=1S/C18H18N4O3/c1-11-6-9-20-17-15(11)21(10-7-14(23)24)18(25)13-3-2-8-19-16(13)22(17)12-4-5-12/h2-3,6,8-9,12H,4-5,7,10H2,1H3,(H,23,24). The van der Waals surface area contributed by atoms with Crippen LogP contribution in [0.5, 0.6) is 0 Å². The van der Waals surface area contributed by atoms with Crippen LogP contribution < -0.4 is 9.80 Å². The second-order valence-corrected chi connectivity index (χ2v) is 6.38. The lowest BCUT2D eigenvalue weighted by molar-refractivity contribution is -0.136. The van der Waals surface area contributed by atoms with Crippen LogP contribution in [-0.4, -0.2) is 39.5 Å². The molecule has 1 saturated carbocycles. The number of aliphatic carboxylic acids is 1. The Morgan fingerprint density at radius 2 is 2.00 bits per heavy atom. The molecule has 2 aromatic heterocycles. The lowest BCUT2D eigenvalue weighted by Crippen LogP contribution is -2.33. The Bertz CT molecular complexity index is 863. The van der Waals surface area contributed by atoms with Crippen LogP contribution in [0.3, 0.4) is 0 Å². The van der Waals surface area contributed by atoms with Gasteiger partial charge in [0.25, 0.3) is 5.91 Å². The molecule has 7 heteroatoms. The van der Waals surface area contributed by atoms with Crippen LogP contribution in [0.1, 0.15) is 35.2 Å². The van der Waals surface area contributed by atoms with Gasteiger partial charge < -0.3 is 14.9 Å². The highest BCUT2D eigenvalue weighted by Crippen LogP contribution is 2.45. The first kappa shape index (κ1) is 15.6. The number of aromatic nitrogens is 2. The third-order valence-electron chi connectivity index (χ3n) is 4.56. The highest BCUT2D eigenvalue weighted by Gasteiger charge is 2.40. The predicted octanol–water partition coefficient (Wildman–Crippen LogP) is 2.52. The molecule has 1 aliphatic carbocycles. The first-order chi connectivity index (χ1) is 12.1. The predicted molar refractivity (Wildman–Crippen MR) is 92.3 cm³/mol. The van der Waals surface area contributed by atoms with Crippen molar-refractivity contribution in [1.29, 1.82) is 0 Å². The normalized spacial score (nSPS) is 16.3. The molecule has 0 atom stereocenters. The number of hydrogen-bond donors (Lipinski definition) is 1.